The smallest absolute Gasteiger partial charge is 0.280 e. The molecule has 1 atom stereocenters. The maximum atomic E-state index is 13.4. The first-order valence-corrected chi connectivity index (χ1v) is 10.8. The second-order valence-electron chi connectivity index (χ2n) is 8.18. The Hall–Kier alpha value is -3.85. The molecule has 0 fully saturated rings. The quantitative estimate of drug-likeness (QED) is 0.387. The van der Waals surface area contributed by atoms with Gasteiger partial charge in [-0.25, -0.2) is 8.78 Å². The van der Waals surface area contributed by atoms with Gasteiger partial charge in [0.2, 0.25) is 0 Å². The van der Waals surface area contributed by atoms with Crippen LogP contribution in [0.1, 0.15) is 40.5 Å². The van der Waals surface area contributed by atoms with E-state index < -0.39 is 12.5 Å². The lowest BCUT2D eigenvalue weighted by Crippen LogP contribution is -2.23. The first-order valence-electron chi connectivity index (χ1n) is 10.8. The Balaban J connectivity index is 1.83. The Morgan fingerprint density at radius 3 is 2.71 bits per heavy atom. The molecule has 4 rings (SSSR count). The van der Waals surface area contributed by atoms with E-state index in [2.05, 4.69) is 15.5 Å². The van der Waals surface area contributed by atoms with Gasteiger partial charge in [0, 0.05) is 36.2 Å². The summed E-state index contributed by atoms with van der Waals surface area (Å²) in [4.78, 5) is 25.3. The number of nitrogens with zero attached hydrogens (tertiary/aromatic N) is 2. The average molecular weight is 466 g/mol. The number of hydrogen-bond donors (Lipinski definition) is 3. The molecule has 0 aliphatic heterocycles. The highest BCUT2D eigenvalue weighted by Gasteiger charge is 2.18. The van der Waals surface area contributed by atoms with Crippen LogP contribution in [0.5, 0.6) is 0 Å². The van der Waals surface area contributed by atoms with Crippen molar-refractivity contribution >= 4 is 16.7 Å². The molecular weight excluding hydrogens is 442 g/mol. The zero-order chi connectivity index (χ0) is 24.4. The summed E-state index contributed by atoms with van der Waals surface area (Å²) in [5.74, 6) is -0.225. The van der Waals surface area contributed by atoms with Crippen molar-refractivity contribution in [2.45, 2.75) is 32.4 Å². The van der Waals surface area contributed by atoms with Crippen LogP contribution in [-0.4, -0.2) is 38.9 Å². The van der Waals surface area contributed by atoms with Gasteiger partial charge < -0.3 is 15.0 Å². The monoisotopic (exact) mass is 466 g/mol. The number of aliphatic hydroxyl groups excluding tert-OH is 1. The van der Waals surface area contributed by atoms with E-state index in [1.807, 2.05) is 6.07 Å². The predicted molar refractivity (Wildman–Crippen MR) is 125 cm³/mol. The standard InChI is InChI=1S/C25H24F2N4O3/c1-14(32)8-18-13-31(12-15-4-3-5-17(9-15)24(33)28-2)25(34)19-7-6-16(10-20(18)19)21-11-29-30-22(21)23(26)27/h3-7,9-11,13-14,23,32H,8,12H2,1-2H3,(H,28,33)(H,29,30). The summed E-state index contributed by atoms with van der Waals surface area (Å²) >= 11 is 0. The van der Waals surface area contributed by atoms with Gasteiger partial charge in [0.1, 0.15) is 5.69 Å². The predicted octanol–water partition coefficient (Wildman–Crippen LogP) is 3.66. The Morgan fingerprint density at radius 1 is 1.21 bits per heavy atom. The van der Waals surface area contributed by atoms with Crippen molar-refractivity contribution in [1.82, 2.24) is 20.1 Å². The van der Waals surface area contributed by atoms with Crippen molar-refractivity contribution in [3.8, 4) is 11.1 Å². The van der Waals surface area contributed by atoms with E-state index in [1.54, 1.807) is 56.6 Å². The van der Waals surface area contributed by atoms with Crippen molar-refractivity contribution in [3.63, 3.8) is 0 Å². The van der Waals surface area contributed by atoms with E-state index in [4.69, 9.17) is 0 Å². The molecule has 4 aromatic rings. The third-order valence-electron chi connectivity index (χ3n) is 5.65. The molecule has 1 amide bonds. The third kappa shape index (κ3) is 4.60. The van der Waals surface area contributed by atoms with Crippen molar-refractivity contribution in [2.24, 2.45) is 0 Å². The number of carbonyl (C=O) groups is 1. The minimum atomic E-state index is -2.72. The first kappa shape index (κ1) is 23.3. The number of halogens is 2. The fraction of sp³-hybridized carbons (Fsp3) is 0.240. The zero-order valence-electron chi connectivity index (χ0n) is 18.7. The Morgan fingerprint density at radius 2 is 2.00 bits per heavy atom. The Bertz CT molecular complexity index is 1410. The van der Waals surface area contributed by atoms with Crippen LogP contribution in [0.3, 0.4) is 0 Å². The third-order valence-corrected chi connectivity index (χ3v) is 5.65. The lowest BCUT2D eigenvalue weighted by molar-refractivity contribution is 0.0963. The molecule has 9 heteroatoms. The largest absolute Gasteiger partial charge is 0.393 e. The summed E-state index contributed by atoms with van der Waals surface area (Å²) in [5, 5.41) is 19.7. The van der Waals surface area contributed by atoms with Crippen molar-refractivity contribution in [1.29, 1.82) is 0 Å². The molecule has 34 heavy (non-hydrogen) atoms. The van der Waals surface area contributed by atoms with Crippen LogP contribution in [-0.2, 0) is 13.0 Å². The molecule has 0 saturated heterocycles. The molecule has 7 nitrogen and oxygen atoms in total. The Kier molecular flexibility index (Phi) is 6.56. The number of benzene rings is 2. The van der Waals surface area contributed by atoms with E-state index >= 15 is 0 Å². The molecule has 0 radical (unpaired) electrons. The number of aromatic amines is 1. The van der Waals surface area contributed by atoms with E-state index in [-0.39, 0.29) is 35.7 Å². The molecule has 176 valence electrons. The number of H-pyrrole nitrogens is 1. The molecule has 0 aliphatic rings. The first-order chi connectivity index (χ1) is 16.3. The van der Waals surface area contributed by atoms with Crippen LogP contribution in [0.4, 0.5) is 8.78 Å². The number of fused-ring (bicyclic) bond motifs is 1. The van der Waals surface area contributed by atoms with Crippen LogP contribution in [0.2, 0.25) is 0 Å². The SMILES string of the molecule is CNC(=O)c1cccc(Cn2cc(CC(C)O)c3cc(-c4cn[nH]c4C(F)F)ccc3c2=O)c1. The summed E-state index contributed by atoms with van der Waals surface area (Å²) in [6, 6.07) is 11.9. The summed E-state index contributed by atoms with van der Waals surface area (Å²) in [5.41, 5.74) is 2.16. The molecule has 2 heterocycles. The van der Waals surface area contributed by atoms with Gasteiger partial charge in [-0.1, -0.05) is 18.2 Å². The number of aromatic nitrogens is 3. The lowest BCUT2D eigenvalue weighted by Gasteiger charge is -2.15. The van der Waals surface area contributed by atoms with Gasteiger partial charge in [0.25, 0.3) is 17.9 Å². The van der Waals surface area contributed by atoms with Crippen molar-refractivity contribution in [2.75, 3.05) is 7.05 Å². The minimum Gasteiger partial charge on any atom is -0.393 e. The maximum absolute atomic E-state index is 13.4. The highest BCUT2D eigenvalue weighted by atomic mass is 19.3. The molecule has 0 spiro atoms. The van der Waals surface area contributed by atoms with Crippen LogP contribution in [0.25, 0.3) is 21.9 Å². The average Bonchev–Trinajstić information content (AvgIpc) is 3.31. The summed E-state index contributed by atoms with van der Waals surface area (Å²) in [7, 11) is 1.55. The number of nitrogens with one attached hydrogen (secondary N) is 2. The molecule has 0 bridgehead atoms. The van der Waals surface area contributed by atoms with Crippen LogP contribution in [0, 0.1) is 0 Å². The van der Waals surface area contributed by atoms with Crippen LogP contribution < -0.4 is 10.9 Å². The molecule has 3 N–H and O–H groups in total. The molecule has 0 saturated carbocycles. The van der Waals surface area contributed by atoms with Gasteiger partial charge in [-0.05, 0) is 53.3 Å². The van der Waals surface area contributed by atoms with Gasteiger partial charge in [-0.3, -0.25) is 14.7 Å². The second-order valence-corrected chi connectivity index (χ2v) is 8.18. The highest BCUT2D eigenvalue weighted by Crippen LogP contribution is 2.31. The summed E-state index contributed by atoms with van der Waals surface area (Å²) in [6.45, 7) is 1.87. The fourth-order valence-electron chi connectivity index (χ4n) is 4.08. The minimum absolute atomic E-state index is 0.225. The van der Waals surface area contributed by atoms with E-state index in [9.17, 15) is 23.5 Å². The number of amides is 1. The summed E-state index contributed by atoms with van der Waals surface area (Å²) < 4.78 is 28.2. The highest BCUT2D eigenvalue weighted by molar-refractivity contribution is 5.94. The van der Waals surface area contributed by atoms with Crippen molar-refractivity contribution in [3.05, 3.63) is 87.6 Å². The number of aliphatic hydroxyl groups is 1. The van der Waals surface area contributed by atoms with E-state index in [0.717, 1.165) is 5.56 Å². The van der Waals surface area contributed by atoms with E-state index in [1.165, 1.54) is 10.8 Å². The molecule has 2 aromatic carbocycles. The second kappa shape index (κ2) is 9.56. The van der Waals surface area contributed by atoms with Gasteiger partial charge in [-0.2, -0.15) is 5.10 Å². The number of carbonyl (C=O) groups excluding carboxylic acids is 1. The Labute approximate surface area is 194 Å². The maximum Gasteiger partial charge on any atom is 0.280 e. The van der Waals surface area contributed by atoms with E-state index in [0.29, 0.717) is 27.5 Å². The van der Waals surface area contributed by atoms with Gasteiger partial charge in [-0.15, -0.1) is 0 Å². The summed E-state index contributed by atoms with van der Waals surface area (Å²) in [6.07, 6.45) is -0.121. The van der Waals surface area contributed by atoms with Gasteiger partial charge in [0.15, 0.2) is 0 Å². The van der Waals surface area contributed by atoms with Crippen LogP contribution >= 0.6 is 0 Å². The molecule has 2 aromatic heterocycles. The molecule has 1 unspecified atom stereocenters. The van der Waals surface area contributed by atoms with Crippen LogP contribution in [0.15, 0.2) is 59.7 Å². The number of hydrogen-bond acceptors (Lipinski definition) is 4. The number of pyridine rings is 1. The topological polar surface area (TPSA) is 100 Å². The van der Waals surface area contributed by atoms with Gasteiger partial charge >= 0.3 is 0 Å². The van der Waals surface area contributed by atoms with Crippen molar-refractivity contribution < 1.29 is 18.7 Å². The molecular formula is C25H24F2N4O3. The molecule has 0 aliphatic carbocycles. The number of alkyl halides is 2. The number of rotatable bonds is 7. The zero-order valence-corrected chi connectivity index (χ0v) is 18.7. The lowest BCUT2D eigenvalue weighted by atomic mass is 9.97. The fourth-order valence-corrected chi connectivity index (χ4v) is 4.08. The van der Waals surface area contributed by atoms with Gasteiger partial charge in [0.05, 0.1) is 18.8 Å². The normalized spacial score (nSPS) is 12.3.